The Hall–Kier alpha value is -1.95. The molecule has 2 unspecified atom stereocenters. The van der Waals surface area contributed by atoms with Gasteiger partial charge in [-0.3, -0.25) is 9.59 Å². The van der Waals surface area contributed by atoms with Crippen LogP contribution in [0.1, 0.15) is 25.7 Å². The van der Waals surface area contributed by atoms with Crippen molar-refractivity contribution in [1.82, 2.24) is 10.2 Å². The molecule has 5 nitrogen and oxygen atoms in total. The summed E-state index contributed by atoms with van der Waals surface area (Å²) in [7, 11) is 1.62. The lowest BCUT2D eigenvalue weighted by atomic mass is 10.1. The predicted molar refractivity (Wildman–Crippen MR) is 85.3 cm³/mol. The van der Waals surface area contributed by atoms with Gasteiger partial charge in [0, 0.05) is 18.8 Å². The minimum absolute atomic E-state index is 0.0401. The Kier molecular flexibility index (Phi) is 4.61. The molecule has 23 heavy (non-hydrogen) atoms. The monoisotopic (exact) mass is 319 g/mol. The third kappa shape index (κ3) is 4.07. The van der Waals surface area contributed by atoms with Crippen LogP contribution in [-0.4, -0.2) is 42.4 Å². The molecule has 1 saturated carbocycles. The third-order valence-corrected chi connectivity index (χ3v) is 4.54. The van der Waals surface area contributed by atoms with Crippen LogP contribution in [0.4, 0.5) is 10.1 Å². The molecule has 0 bridgehead atoms. The minimum Gasteiger partial charge on any atom is -0.335 e. The summed E-state index contributed by atoms with van der Waals surface area (Å²) in [6.07, 6.45) is 4.37. The predicted octanol–water partition coefficient (Wildman–Crippen LogP) is 1.75. The number of nitrogens with zero attached hydrogens (tertiary/aromatic N) is 1. The van der Waals surface area contributed by atoms with Crippen molar-refractivity contribution in [2.75, 3.05) is 18.9 Å². The van der Waals surface area contributed by atoms with Crippen molar-refractivity contribution in [2.45, 2.75) is 37.8 Å². The van der Waals surface area contributed by atoms with Gasteiger partial charge in [-0.05, 0) is 49.8 Å². The number of carbonyl (C=O) groups is 2. The van der Waals surface area contributed by atoms with E-state index in [0.717, 1.165) is 18.8 Å². The van der Waals surface area contributed by atoms with Crippen LogP contribution >= 0.6 is 0 Å². The van der Waals surface area contributed by atoms with Crippen LogP contribution < -0.4 is 10.6 Å². The largest absolute Gasteiger partial charge is 0.335 e. The van der Waals surface area contributed by atoms with Gasteiger partial charge in [-0.2, -0.15) is 0 Å². The average Bonchev–Trinajstić information content (AvgIpc) is 3.24. The first-order chi connectivity index (χ1) is 11.0. The molecule has 2 atom stereocenters. The van der Waals surface area contributed by atoms with E-state index in [1.807, 2.05) is 0 Å². The quantitative estimate of drug-likeness (QED) is 0.869. The van der Waals surface area contributed by atoms with Crippen LogP contribution in [-0.2, 0) is 9.59 Å². The molecule has 0 aromatic heterocycles. The maximum Gasteiger partial charge on any atom is 0.243 e. The number of rotatable bonds is 5. The van der Waals surface area contributed by atoms with Gasteiger partial charge < -0.3 is 15.5 Å². The fraction of sp³-hybridized carbons (Fsp3) is 0.529. The Labute approximate surface area is 135 Å². The molecule has 0 spiro atoms. The lowest BCUT2D eigenvalue weighted by molar-refractivity contribution is -0.134. The van der Waals surface area contributed by atoms with Gasteiger partial charge in [-0.15, -0.1) is 0 Å². The smallest absolute Gasteiger partial charge is 0.243 e. The van der Waals surface area contributed by atoms with Crippen molar-refractivity contribution in [2.24, 2.45) is 5.92 Å². The molecular formula is C17H22FN3O2. The first-order valence-electron chi connectivity index (χ1n) is 8.09. The number of hydrogen-bond acceptors (Lipinski definition) is 3. The van der Waals surface area contributed by atoms with Crippen LogP contribution in [0.25, 0.3) is 0 Å². The number of hydrogen-bond donors (Lipinski definition) is 2. The van der Waals surface area contributed by atoms with E-state index in [-0.39, 0.29) is 24.4 Å². The summed E-state index contributed by atoms with van der Waals surface area (Å²) in [5.41, 5.74) is 0.392. The highest BCUT2D eigenvalue weighted by Crippen LogP contribution is 2.37. The van der Waals surface area contributed by atoms with E-state index in [0.29, 0.717) is 11.7 Å². The van der Waals surface area contributed by atoms with Gasteiger partial charge in [-0.1, -0.05) is 6.07 Å². The van der Waals surface area contributed by atoms with E-state index in [1.165, 1.54) is 35.9 Å². The first kappa shape index (κ1) is 15.9. The molecule has 1 aliphatic carbocycles. The zero-order valence-corrected chi connectivity index (χ0v) is 13.2. The van der Waals surface area contributed by atoms with E-state index >= 15 is 0 Å². The number of carbonyl (C=O) groups excluding carboxylic acids is 2. The van der Waals surface area contributed by atoms with Crippen LogP contribution in [0.5, 0.6) is 0 Å². The molecule has 1 aliphatic heterocycles. The number of anilines is 1. The maximum absolute atomic E-state index is 13.1. The van der Waals surface area contributed by atoms with Crippen molar-refractivity contribution in [3.63, 3.8) is 0 Å². The SMILES string of the molecule is CN(CC(=O)Nc1cccc(F)c1)C(=O)C1CCC(C2CC2)N1. The van der Waals surface area contributed by atoms with E-state index in [1.54, 1.807) is 13.1 Å². The lowest BCUT2D eigenvalue weighted by Crippen LogP contribution is -2.46. The summed E-state index contributed by atoms with van der Waals surface area (Å²) in [6, 6.07) is 5.97. The standard InChI is InChI=1S/C17H22FN3O2/c1-21(10-16(22)19-13-4-2-3-12(18)9-13)17(23)15-8-7-14(20-15)11-5-6-11/h2-4,9,11,14-15,20H,5-8,10H2,1H3,(H,19,22). The van der Waals surface area contributed by atoms with Crippen molar-refractivity contribution in [3.05, 3.63) is 30.1 Å². The van der Waals surface area contributed by atoms with Crippen molar-refractivity contribution in [3.8, 4) is 0 Å². The first-order valence-corrected chi connectivity index (χ1v) is 8.09. The van der Waals surface area contributed by atoms with Gasteiger partial charge in [0.05, 0.1) is 12.6 Å². The second-order valence-corrected chi connectivity index (χ2v) is 6.49. The summed E-state index contributed by atoms with van der Waals surface area (Å²) in [5, 5.41) is 5.99. The Morgan fingerprint density at radius 3 is 2.78 bits per heavy atom. The molecule has 2 amide bonds. The zero-order valence-electron chi connectivity index (χ0n) is 13.2. The molecule has 1 heterocycles. The summed E-state index contributed by atoms with van der Waals surface area (Å²) >= 11 is 0. The van der Waals surface area contributed by atoms with Crippen LogP contribution in [0.3, 0.4) is 0 Å². The van der Waals surface area contributed by atoms with E-state index in [4.69, 9.17) is 0 Å². The molecule has 1 aromatic rings. The van der Waals surface area contributed by atoms with Gasteiger partial charge >= 0.3 is 0 Å². The van der Waals surface area contributed by atoms with Crippen molar-refractivity contribution in [1.29, 1.82) is 0 Å². The Bertz CT molecular complexity index is 603. The Morgan fingerprint density at radius 2 is 2.09 bits per heavy atom. The summed E-state index contributed by atoms with van der Waals surface area (Å²) in [4.78, 5) is 25.8. The summed E-state index contributed by atoms with van der Waals surface area (Å²) in [5.74, 6) is -0.0615. The van der Waals surface area contributed by atoms with E-state index < -0.39 is 5.82 Å². The van der Waals surface area contributed by atoms with Crippen molar-refractivity contribution >= 4 is 17.5 Å². The highest BCUT2D eigenvalue weighted by atomic mass is 19.1. The van der Waals surface area contributed by atoms with E-state index in [9.17, 15) is 14.0 Å². The fourth-order valence-corrected chi connectivity index (χ4v) is 3.16. The molecule has 3 rings (SSSR count). The number of nitrogens with one attached hydrogen (secondary N) is 2. The van der Waals surface area contributed by atoms with E-state index in [2.05, 4.69) is 10.6 Å². The molecule has 2 fully saturated rings. The molecule has 2 N–H and O–H groups in total. The van der Waals surface area contributed by atoms with Gasteiger partial charge in [-0.25, -0.2) is 4.39 Å². The second-order valence-electron chi connectivity index (χ2n) is 6.49. The molecule has 0 radical (unpaired) electrons. The minimum atomic E-state index is -0.409. The molecule has 1 saturated heterocycles. The summed E-state index contributed by atoms with van der Waals surface area (Å²) in [6.45, 7) is -0.0401. The number of benzene rings is 1. The summed E-state index contributed by atoms with van der Waals surface area (Å²) < 4.78 is 13.1. The zero-order chi connectivity index (χ0) is 16.4. The van der Waals surface area contributed by atoms with Gasteiger partial charge in [0.25, 0.3) is 0 Å². The van der Waals surface area contributed by atoms with Crippen LogP contribution in [0, 0.1) is 11.7 Å². The number of halogens is 1. The third-order valence-electron chi connectivity index (χ3n) is 4.54. The van der Waals surface area contributed by atoms with Crippen LogP contribution in [0.2, 0.25) is 0 Å². The Morgan fingerprint density at radius 1 is 1.30 bits per heavy atom. The van der Waals surface area contributed by atoms with Gasteiger partial charge in [0.15, 0.2) is 0 Å². The molecule has 124 valence electrons. The average molecular weight is 319 g/mol. The van der Waals surface area contributed by atoms with Crippen molar-refractivity contribution < 1.29 is 14.0 Å². The molecule has 6 heteroatoms. The van der Waals surface area contributed by atoms with Gasteiger partial charge in [0.1, 0.15) is 5.82 Å². The molecule has 2 aliphatic rings. The normalized spacial score (nSPS) is 23.6. The maximum atomic E-state index is 13.1. The van der Waals surface area contributed by atoms with Gasteiger partial charge in [0.2, 0.25) is 11.8 Å². The highest BCUT2D eigenvalue weighted by Gasteiger charge is 2.39. The topological polar surface area (TPSA) is 61.4 Å². The second kappa shape index (κ2) is 6.66. The Balaban J connectivity index is 1.48. The molecule has 1 aromatic carbocycles. The fourth-order valence-electron chi connectivity index (χ4n) is 3.16. The lowest BCUT2D eigenvalue weighted by Gasteiger charge is -2.21. The number of likely N-dealkylation sites (N-methyl/N-ethyl adjacent to an activating group) is 1. The highest BCUT2D eigenvalue weighted by molar-refractivity contribution is 5.95. The van der Waals surface area contributed by atoms with Crippen LogP contribution in [0.15, 0.2) is 24.3 Å². The molecular weight excluding hydrogens is 297 g/mol. The number of amides is 2.